The quantitative estimate of drug-likeness (QED) is 0.225. The van der Waals surface area contributed by atoms with Crippen LogP contribution in [0.25, 0.3) is 21.5 Å². The molecule has 0 unspecified atom stereocenters. The normalized spacial score (nSPS) is 12.9. The van der Waals surface area contributed by atoms with Crippen molar-refractivity contribution in [1.29, 1.82) is 0 Å². The van der Waals surface area contributed by atoms with Gasteiger partial charge in [-0.25, -0.2) is 0 Å². The van der Waals surface area contributed by atoms with Gasteiger partial charge in [0.05, 0.1) is 0 Å². The van der Waals surface area contributed by atoms with Gasteiger partial charge >= 0.3 is 0 Å². The van der Waals surface area contributed by atoms with Crippen LogP contribution in [0.1, 0.15) is 107 Å². The molecule has 36 heavy (non-hydrogen) atoms. The van der Waals surface area contributed by atoms with Gasteiger partial charge in [0, 0.05) is 22.3 Å². The third kappa shape index (κ3) is 4.17. The Hall–Kier alpha value is -3.26. The van der Waals surface area contributed by atoms with E-state index in [1.165, 1.54) is 22.3 Å². The molecule has 0 N–H and O–H groups in total. The molecule has 0 bridgehead atoms. The Morgan fingerprint density at radius 1 is 0.389 bits per heavy atom. The summed E-state index contributed by atoms with van der Waals surface area (Å²) in [6, 6.07) is 16.8. The van der Waals surface area contributed by atoms with Crippen LogP contribution in [-0.2, 0) is 25.7 Å². The Bertz CT molecular complexity index is 1280. The fraction of sp³-hybridized carbons (Fsp3) is 0.353. The van der Waals surface area contributed by atoms with Gasteiger partial charge in [0.1, 0.15) is 0 Å². The van der Waals surface area contributed by atoms with Gasteiger partial charge in [-0.05, 0) is 93.7 Å². The molecule has 0 aromatic heterocycles. The first kappa shape index (κ1) is 24.4. The van der Waals surface area contributed by atoms with Crippen molar-refractivity contribution >= 4 is 33.1 Å². The van der Waals surface area contributed by atoms with Crippen molar-refractivity contribution in [2.45, 2.75) is 79.1 Å². The van der Waals surface area contributed by atoms with Crippen molar-refractivity contribution in [1.82, 2.24) is 0 Å². The molecule has 0 aliphatic heterocycles. The first-order valence-electron chi connectivity index (χ1n) is 13.8. The molecule has 1 aliphatic rings. The number of ketones is 2. The third-order valence-electron chi connectivity index (χ3n) is 7.65. The van der Waals surface area contributed by atoms with Crippen molar-refractivity contribution in [3.63, 3.8) is 0 Å². The molecule has 2 heteroatoms. The molecule has 2 nitrogen and oxygen atoms in total. The van der Waals surface area contributed by atoms with Crippen LogP contribution >= 0.6 is 0 Å². The minimum Gasteiger partial charge on any atom is -0.289 e. The van der Waals surface area contributed by atoms with Crippen molar-refractivity contribution in [3.05, 3.63) is 93.0 Å². The average molecular weight is 477 g/mol. The third-order valence-corrected chi connectivity index (χ3v) is 7.65. The van der Waals surface area contributed by atoms with E-state index in [9.17, 15) is 9.59 Å². The molecule has 184 valence electrons. The number of rotatable bonds is 8. The number of carbonyl (C=O) groups is 2. The van der Waals surface area contributed by atoms with Gasteiger partial charge < -0.3 is 0 Å². The van der Waals surface area contributed by atoms with Crippen molar-refractivity contribution in [3.8, 4) is 0 Å². The fourth-order valence-electron chi connectivity index (χ4n) is 5.94. The van der Waals surface area contributed by atoms with Gasteiger partial charge in [-0.3, -0.25) is 9.59 Å². The summed E-state index contributed by atoms with van der Waals surface area (Å²) in [4.78, 5) is 27.5. The summed E-state index contributed by atoms with van der Waals surface area (Å²) in [5.41, 5.74) is 7.61. The minimum atomic E-state index is -0.0345. The lowest BCUT2D eigenvalue weighted by molar-refractivity contribution is 0.0979. The number of carbonyl (C=O) groups excluding carboxylic acids is 2. The zero-order chi connectivity index (χ0) is 25.4. The molecule has 0 saturated heterocycles. The van der Waals surface area contributed by atoms with Gasteiger partial charge in [0.15, 0.2) is 11.6 Å². The molecule has 0 saturated carbocycles. The topological polar surface area (TPSA) is 34.1 Å². The number of fused-ring (bicyclic) bond motifs is 4. The highest BCUT2D eigenvalue weighted by atomic mass is 16.1. The second-order valence-corrected chi connectivity index (χ2v) is 10.4. The molecule has 0 amide bonds. The van der Waals surface area contributed by atoms with Crippen molar-refractivity contribution < 1.29 is 9.59 Å². The van der Waals surface area contributed by atoms with E-state index >= 15 is 0 Å². The van der Waals surface area contributed by atoms with E-state index in [0.29, 0.717) is 22.3 Å². The Morgan fingerprint density at radius 3 is 0.806 bits per heavy atom. The number of benzene rings is 4. The molecule has 0 radical (unpaired) electrons. The van der Waals surface area contributed by atoms with Gasteiger partial charge in [-0.1, -0.05) is 77.6 Å². The molecule has 0 fully saturated rings. The van der Waals surface area contributed by atoms with E-state index in [4.69, 9.17) is 0 Å². The Labute approximate surface area is 214 Å². The number of hydrogen-bond donors (Lipinski definition) is 0. The van der Waals surface area contributed by atoms with Crippen LogP contribution in [0.2, 0.25) is 0 Å². The van der Waals surface area contributed by atoms with Gasteiger partial charge in [-0.15, -0.1) is 0 Å². The predicted molar refractivity (Wildman–Crippen MR) is 151 cm³/mol. The van der Waals surface area contributed by atoms with E-state index in [0.717, 1.165) is 72.9 Å². The largest absolute Gasteiger partial charge is 0.289 e. The smallest absolute Gasteiger partial charge is 0.194 e. The van der Waals surface area contributed by atoms with E-state index < -0.39 is 0 Å². The lowest BCUT2D eigenvalue weighted by Crippen LogP contribution is -2.21. The zero-order valence-corrected chi connectivity index (χ0v) is 22.1. The van der Waals surface area contributed by atoms with Crippen molar-refractivity contribution in [2.75, 3.05) is 0 Å². The maximum absolute atomic E-state index is 13.7. The van der Waals surface area contributed by atoms with Gasteiger partial charge in [0.25, 0.3) is 0 Å². The summed E-state index contributed by atoms with van der Waals surface area (Å²) in [7, 11) is 0. The van der Waals surface area contributed by atoms with Crippen LogP contribution in [-0.4, -0.2) is 11.6 Å². The Kier molecular flexibility index (Phi) is 6.79. The molecule has 0 spiro atoms. The zero-order valence-electron chi connectivity index (χ0n) is 22.1. The van der Waals surface area contributed by atoms with Crippen LogP contribution in [0.4, 0.5) is 0 Å². The first-order valence-corrected chi connectivity index (χ1v) is 13.8. The summed E-state index contributed by atoms with van der Waals surface area (Å²) in [6.45, 7) is 8.81. The second-order valence-electron chi connectivity index (χ2n) is 10.4. The maximum atomic E-state index is 13.7. The summed E-state index contributed by atoms with van der Waals surface area (Å²) in [6.07, 6.45) is 8.48. The monoisotopic (exact) mass is 476 g/mol. The van der Waals surface area contributed by atoms with E-state index in [-0.39, 0.29) is 11.6 Å². The molecule has 5 rings (SSSR count). The summed E-state index contributed by atoms with van der Waals surface area (Å²) >= 11 is 0. The van der Waals surface area contributed by atoms with Crippen LogP contribution in [0.15, 0.2) is 48.5 Å². The first-order chi connectivity index (χ1) is 17.5. The van der Waals surface area contributed by atoms with Gasteiger partial charge in [0.2, 0.25) is 0 Å². The lowest BCUT2D eigenvalue weighted by Gasteiger charge is -2.21. The molecule has 4 aromatic rings. The molecule has 0 heterocycles. The molecule has 4 aromatic carbocycles. The minimum absolute atomic E-state index is 0.0345. The Balaban J connectivity index is 1.67. The summed E-state index contributed by atoms with van der Waals surface area (Å²) in [5.74, 6) is -0.0690. The molecular weight excluding hydrogens is 440 g/mol. The highest BCUT2D eigenvalue weighted by molar-refractivity contribution is 6.30. The standard InChI is InChI=1S/C34H36O2/c1-5-9-21-13-25-17-29-30(18-26(25)14-22(21)10-6-2)34(36)32-20-28-16-24(12-8-4)23(11-7-3)15-27(28)19-31(32)33(29)35/h13-20H,5-12H2,1-4H3. The van der Waals surface area contributed by atoms with E-state index in [2.05, 4.69) is 52.0 Å². The SMILES string of the molecule is CCCc1cc2cc3c(cc2cc1CCC)C(=O)c1cc2cc(CCC)c(CCC)cc2cc1C3=O. The Morgan fingerprint density at radius 2 is 0.611 bits per heavy atom. The maximum Gasteiger partial charge on any atom is 0.194 e. The average Bonchev–Trinajstić information content (AvgIpc) is 2.87. The van der Waals surface area contributed by atoms with E-state index in [1.54, 1.807) is 0 Å². The summed E-state index contributed by atoms with van der Waals surface area (Å²) in [5, 5.41) is 4.21. The van der Waals surface area contributed by atoms with Crippen molar-refractivity contribution in [2.24, 2.45) is 0 Å². The fourth-order valence-corrected chi connectivity index (χ4v) is 5.94. The highest BCUT2D eigenvalue weighted by Gasteiger charge is 2.31. The van der Waals surface area contributed by atoms with Gasteiger partial charge in [-0.2, -0.15) is 0 Å². The predicted octanol–water partition coefficient (Wildman–Crippen LogP) is 8.58. The van der Waals surface area contributed by atoms with Crippen LogP contribution in [0.5, 0.6) is 0 Å². The second kappa shape index (κ2) is 10.0. The summed E-state index contributed by atoms with van der Waals surface area (Å²) < 4.78 is 0. The lowest BCUT2D eigenvalue weighted by atomic mass is 9.80. The van der Waals surface area contributed by atoms with Crippen LogP contribution in [0.3, 0.4) is 0 Å². The van der Waals surface area contributed by atoms with Crippen LogP contribution < -0.4 is 0 Å². The van der Waals surface area contributed by atoms with Crippen LogP contribution in [0, 0.1) is 0 Å². The molecule has 1 aliphatic carbocycles. The number of hydrogen-bond acceptors (Lipinski definition) is 2. The molecular formula is C34H36O2. The number of aryl methyl sites for hydroxylation is 4. The highest BCUT2D eigenvalue weighted by Crippen LogP contribution is 2.35. The molecule has 0 atom stereocenters. The van der Waals surface area contributed by atoms with E-state index in [1.807, 2.05) is 24.3 Å².